The summed E-state index contributed by atoms with van der Waals surface area (Å²) in [5.41, 5.74) is 4.32. The Hall–Kier alpha value is -2.16. The zero-order valence-corrected chi connectivity index (χ0v) is 12.8. The van der Waals surface area contributed by atoms with Crippen LogP contribution in [0.3, 0.4) is 0 Å². The Labute approximate surface area is 124 Å². The van der Waals surface area contributed by atoms with E-state index in [1.807, 2.05) is 32.0 Å². The first-order valence-electron chi connectivity index (χ1n) is 7.34. The van der Waals surface area contributed by atoms with Crippen molar-refractivity contribution in [3.05, 3.63) is 51.7 Å². The number of nitrogens with zero attached hydrogens (tertiary/aromatic N) is 1. The van der Waals surface area contributed by atoms with Crippen LogP contribution in [0.4, 0.5) is 0 Å². The molecule has 0 spiro atoms. The maximum absolute atomic E-state index is 12.1. The Morgan fingerprint density at radius 2 is 1.76 bits per heavy atom. The van der Waals surface area contributed by atoms with Crippen LogP contribution in [-0.2, 0) is 0 Å². The number of aromatic nitrogens is 1. The van der Waals surface area contributed by atoms with Crippen molar-refractivity contribution in [2.24, 2.45) is 0 Å². The van der Waals surface area contributed by atoms with E-state index in [1.54, 1.807) is 6.07 Å². The van der Waals surface area contributed by atoms with Crippen LogP contribution in [0, 0.1) is 0 Å². The highest BCUT2D eigenvalue weighted by Crippen LogP contribution is 2.28. The summed E-state index contributed by atoms with van der Waals surface area (Å²) in [5.74, 6) is 1.18. The second-order valence-corrected chi connectivity index (χ2v) is 6.11. The van der Waals surface area contributed by atoms with Gasteiger partial charge in [-0.15, -0.1) is 0 Å². The van der Waals surface area contributed by atoms with Gasteiger partial charge in [-0.1, -0.05) is 33.8 Å². The predicted molar refractivity (Wildman–Crippen MR) is 85.1 cm³/mol. The summed E-state index contributed by atoms with van der Waals surface area (Å²) in [6, 6.07) is 9.44. The Kier molecular flexibility index (Phi) is 3.28. The van der Waals surface area contributed by atoms with Crippen molar-refractivity contribution < 1.29 is 4.42 Å². The molecule has 3 rings (SSSR count). The summed E-state index contributed by atoms with van der Waals surface area (Å²) < 4.78 is 5.83. The molecule has 0 amide bonds. The van der Waals surface area contributed by atoms with E-state index in [1.165, 1.54) is 5.56 Å². The molecule has 0 radical (unpaired) electrons. The summed E-state index contributed by atoms with van der Waals surface area (Å²) in [5, 5.41) is 0. The van der Waals surface area contributed by atoms with E-state index >= 15 is 0 Å². The maximum Gasteiger partial charge on any atom is 0.185 e. The van der Waals surface area contributed by atoms with Gasteiger partial charge in [-0.3, -0.25) is 4.79 Å². The molecule has 108 valence electrons. The van der Waals surface area contributed by atoms with Gasteiger partial charge in [0.05, 0.1) is 0 Å². The predicted octanol–water partition coefficient (Wildman–Crippen LogP) is 4.54. The van der Waals surface area contributed by atoms with Gasteiger partial charge in [0.25, 0.3) is 0 Å². The van der Waals surface area contributed by atoms with Gasteiger partial charge in [0, 0.05) is 11.6 Å². The quantitative estimate of drug-likeness (QED) is 0.648. The van der Waals surface area contributed by atoms with E-state index in [-0.39, 0.29) is 11.3 Å². The van der Waals surface area contributed by atoms with Crippen LogP contribution in [0.2, 0.25) is 0 Å². The molecule has 0 saturated heterocycles. The monoisotopic (exact) mass is 281 g/mol. The summed E-state index contributed by atoms with van der Waals surface area (Å²) >= 11 is 0. The highest BCUT2D eigenvalue weighted by molar-refractivity contribution is 5.77. The number of rotatable bonds is 2. The van der Waals surface area contributed by atoms with Crippen molar-refractivity contribution in [1.82, 2.24) is 4.98 Å². The Morgan fingerprint density at radius 3 is 2.43 bits per heavy atom. The number of hydrogen-bond donors (Lipinski definition) is 0. The molecule has 3 heteroatoms. The molecule has 21 heavy (non-hydrogen) atoms. The second-order valence-electron chi connectivity index (χ2n) is 6.11. The van der Waals surface area contributed by atoms with Crippen molar-refractivity contribution in [2.45, 2.75) is 39.5 Å². The van der Waals surface area contributed by atoms with E-state index in [4.69, 9.17) is 4.42 Å². The van der Waals surface area contributed by atoms with Gasteiger partial charge >= 0.3 is 0 Å². The first-order chi connectivity index (χ1) is 9.95. The van der Waals surface area contributed by atoms with E-state index in [0.29, 0.717) is 17.3 Å². The first kappa shape index (κ1) is 13.8. The molecule has 2 aliphatic rings. The van der Waals surface area contributed by atoms with E-state index in [0.717, 1.165) is 16.8 Å². The largest absolute Gasteiger partial charge is 0.453 e. The Morgan fingerprint density at radius 1 is 1.00 bits per heavy atom. The molecule has 1 aliphatic carbocycles. The second kappa shape index (κ2) is 4.99. The van der Waals surface area contributed by atoms with E-state index < -0.39 is 0 Å². The molecule has 0 unspecified atom stereocenters. The van der Waals surface area contributed by atoms with Crippen LogP contribution >= 0.6 is 0 Å². The van der Waals surface area contributed by atoms with Gasteiger partial charge in [-0.2, -0.15) is 0 Å². The lowest BCUT2D eigenvalue weighted by molar-refractivity contribution is 0.611. The smallest absolute Gasteiger partial charge is 0.185 e. The molecule has 0 N–H and O–H groups in total. The summed E-state index contributed by atoms with van der Waals surface area (Å²) in [7, 11) is 0. The molecule has 1 aromatic carbocycles. The fourth-order valence-electron chi connectivity index (χ4n) is 2.50. The molecular weight excluding hydrogens is 262 g/mol. The van der Waals surface area contributed by atoms with E-state index in [2.05, 4.69) is 24.9 Å². The van der Waals surface area contributed by atoms with Gasteiger partial charge in [0.1, 0.15) is 11.2 Å². The normalized spacial score (nSPS) is 11.9. The molecule has 0 bridgehead atoms. The highest BCUT2D eigenvalue weighted by atomic mass is 16.3. The van der Waals surface area contributed by atoms with Gasteiger partial charge < -0.3 is 4.42 Å². The molecule has 3 nitrogen and oxygen atoms in total. The third-order valence-electron chi connectivity index (χ3n) is 3.82. The Balaban J connectivity index is 2.29. The van der Waals surface area contributed by atoms with Gasteiger partial charge in [-0.25, -0.2) is 4.98 Å². The van der Waals surface area contributed by atoms with Crippen LogP contribution in [0.1, 0.15) is 50.7 Å². The lowest BCUT2D eigenvalue weighted by Crippen LogP contribution is -2.10. The molecule has 0 saturated carbocycles. The third-order valence-corrected chi connectivity index (χ3v) is 3.82. The van der Waals surface area contributed by atoms with Crippen molar-refractivity contribution in [2.75, 3.05) is 0 Å². The van der Waals surface area contributed by atoms with Crippen LogP contribution in [0.5, 0.6) is 0 Å². The fraction of sp³-hybridized carbons (Fsp3) is 0.333. The molecule has 1 aliphatic heterocycles. The SMILES string of the molecule is CC(C)c1ccc2oc3cc(=O)c(C(C)C)cc-3nc2c1. The zero-order chi connectivity index (χ0) is 15.1. The average Bonchev–Trinajstić information content (AvgIpc) is 2.43. The minimum atomic E-state index is 0.0150. The minimum Gasteiger partial charge on any atom is -0.453 e. The molecule has 0 atom stereocenters. The summed E-state index contributed by atoms with van der Waals surface area (Å²) in [6.07, 6.45) is 0. The lowest BCUT2D eigenvalue weighted by atomic mass is 10.00. The lowest BCUT2D eigenvalue weighted by Gasteiger charge is -2.11. The van der Waals surface area contributed by atoms with Crippen molar-refractivity contribution in [1.29, 1.82) is 0 Å². The highest BCUT2D eigenvalue weighted by Gasteiger charge is 2.15. The Bertz CT molecular complexity index is 830. The van der Waals surface area contributed by atoms with Gasteiger partial charge in [0.2, 0.25) is 0 Å². The average molecular weight is 281 g/mol. The molecule has 0 aromatic heterocycles. The minimum absolute atomic E-state index is 0.0150. The van der Waals surface area contributed by atoms with Gasteiger partial charge in [-0.05, 0) is 35.6 Å². The molecule has 1 heterocycles. The zero-order valence-electron chi connectivity index (χ0n) is 12.8. The van der Waals surface area contributed by atoms with Crippen LogP contribution in [0.15, 0.2) is 39.5 Å². The molecule has 1 aromatic rings. The summed E-state index contributed by atoms with van der Waals surface area (Å²) in [6.45, 7) is 8.33. The molecular formula is C18H19NO2. The van der Waals surface area contributed by atoms with Crippen molar-refractivity contribution in [3.8, 4) is 11.5 Å². The van der Waals surface area contributed by atoms with Gasteiger partial charge in [0.15, 0.2) is 16.8 Å². The number of benzene rings is 2. The number of fused-ring (bicyclic) bond motifs is 2. The van der Waals surface area contributed by atoms with Crippen LogP contribution < -0.4 is 5.43 Å². The van der Waals surface area contributed by atoms with Crippen molar-refractivity contribution >= 4 is 11.1 Å². The number of hydrogen-bond acceptors (Lipinski definition) is 3. The third kappa shape index (κ3) is 2.44. The fourth-order valence-corrected chi connectivity index (χ4v) is 2.50. The first-order valence-corrected chi connectivity index (χ1v) is 7.34. The molecule has 0 fully saturated rings. The van der Waals surface area contributed by atoms with Crippen LogP contribution in [0.25, 0.3) is 22.6 Å². The van der Waals surface area contributed by atoms with Crippen LogP contribution in [-0.4, -0.2) is 4.98 Å². The van der Waals surface area contributed by atoms with E-state index in [9.17, 15) is 4.79 Å². The topological polar surface area (TPSA) is 43.1 Å². The van der Waals surface area contributed by atoms with Crippen molar-refractivity contribution in [3.63, 3.8) is 0 Å². The maximum atomic E-state index is 12.1. The standard InChI is InChI=1S/C18H19NO2/c1-10(2)12-5-6-17-14(7-12)19-15-8-13(11(3)4)16(20)9-18(15)21-17/h5-11H,1-4H3. The summed E-state index contributed by atoms with van der Waals surface area (Å²) in [4.78, 5) is 16.7.